The molecule has 1 atom stereocenters. The van der Waals surface area contributed by atoms with E-state index in [1.165, 1.54) is 26.0 Å². The van der Waals surface area contributed by atoms with E-state index in [0.29, 0.717) is 0 Å². The van der Waals surface area contributed by atoms with E-state index in [4.69, 9.17) is 4.74 Å². The fourth-order valence-electron chi connectivity index (χ4n) is 2.56. The van der Waals surface area contributed by atoms with Crippen LogP contribution in [0.15, 0.2) is 54.1 Å². The highest BCUT2D eigenvalue weighted by Gasteiger charge is 2.25. The molecule has 3 nitrogen and oxygen atoms in total. The van der Waals surface area contributed by atoms with Crippen LogP contribution in [-0.4, -0.2) is 37.6 Å². The summed E-state index contributed by atoms with van der Waals surface area (Å²) in [5, 5.41) is 0. The quantitative estimate of drug-likeness (QED) is 0.476. The predicted molar refractivity (Wildman–Crippen MR) is 105 cm³/mol. The Morgan fingerprint density at radius 3 is 2.50 bits per heavy atom. The van der Waals surface area contributed by atoms with E-state index < -0.39 is 11.5 Å². The summed E-state index contributed by atoms with van der Waals surface area (Å²) < 4.78 is 4.73. The molecule has 1 unspecified atom stereocenters. The van der Waals surface area contributed by atoms with Gasteiger partial charge in [0.05, 0.1) is 7.11 Å². The summed E-state index contributed by atoms with van der Waals surface area (Å²) in [6, 6.07) is 9.76. The molecule has 0 saturated heterocycles. The number of nitrogens with zero attached hydrogens (tertiary/aromatic N) is 1. The van der Waals surface area contributed by atoms with Crippen LogP contribution in [-0.2, 0) is 9.53 Å². The fraction of sp³-hybridized carbons (Fsp3) is 0.348. The molecule has 0 aromatic heterocycles. The van der Waals surface area contributed by atoms with Gasteiger partial charge in [-0.3, -0.25) is 4.90 Å². The third-order valence-corrected chi connectivity index (χ3v) is 4.24. The lowest BCUT2D eigenvalue weighted by Gasteiger charge is -2.27. The second kappa shape index (κ2) is 9.66. The van der Waals surface area contributed by atoms with Crippen molar-refractivity contribution in [2.45, 2.75) is 31.2 Å². The van der Waals surface area contributed by atoms with Crippen LogP contribution in [0.3, 0.4) is 0 Å². The summed E-state index contributed by atoms with van der Waals surface area (Å²) in [5.41, 5.74) is 1.18. The first kappa shape index (κ1) is 19.6. The van der Waals surface area contributed by atoms with Crippen molar-refractivity contribution in [1.29, 1.82) is 0 Å². The molecule has 0 amide bonds. The monoisotopic (exact) mass is 347 g/mol. The maximum Gasteiger partial charge on any atom is 0.330 e. The molecule has 0 saturated carbocycles. The van der Waals surface area contributed by atoms with Crippen LogP contribution >= 0.6 is 0 Å². The zero-order valence-electron chi connectivity index (χ0n) is 15.7. The van der Waals surface area contributed by atoms with Crippen molar-refractivity contribution in [3.8, 4) is 23.7 Å². The Bertz CT molecular complexity index is 797. The Balaban J connectivity index is 2.45. The summed E-state index contributed by atoms with van der Waals surface area (Å²) in [6.45, 7) is 0. The molecule has 0 bridgehead atoms. The molecule has 1 aliphatic carbocycles. The van der Waals surface area contributed by atoms with Crippen molar-refractivity contribution in [2.24, 2.45) is 0 Å². The van der Waals surface area contributed by atoms with Crippen molar-refractivity contribution in [1.82, 2.24) is 4.90 Å². The molecule has 26 heavy (non-hydrogen) atoms. The lowest BCUT2D eigenvalue weighted by atomic mass is 9.95. The largest absolute Gasteiger partial charge is 0.466 e. The maximum absolute atomic E-state index is 11.6. The van der Waals surface area contributed by atoms with Gasteiger partial charge in [-0.1, -0.05) is 48.0 Å². The van der Waals surface area contributed by atoms with Gasteiger partial charge in [0.25, 0.3) is 0 Å². The second-order valence-electron chi connectivity index (χ2n) is 6.36. The zero-order valence-corrected chi connectivity index (χ0v) is 15.7. The van der Waals surface area contributed by atoms with E-state index >= 15 is 0 Å². The van der Waals surface area contributed by atoms with Gasteiger partial charge in [0.1, 0.15) is 0 Å². The number of hydrogen-bond acceptors (Lipinski definition) is 3. The Labute approximate surface area is 156 Å². The molecule has 1 aliphatic rings. The van der Waals surface area contributed by atoms with E-state index in [1.54, 1.807) is 6.08 Å². The molecule has 3 heteroatoms. The molecule has 2 rings (SSSR count). The molecule has 0 radical (unpaired) electrons. The number of methoxy groups -OCH3 is 1. The van der Waals surface area contributed by atoms with Gasteiger partial charge in [0.15, 0.2) is 5.54 Å². The number of likely N-dealkylation sites (N-methyl/N-ethyl adjacent to an activating group) is 1. The van der Waals surface area contributed by atoms with E-state index in [-0.39, 0.29) is 0 Å². The Hall–Kier alpha value is -2.75. The normalized spacial score (nSPS) is 15.9. The highest BCUT2D eigenvalue weighted by Crippen LogP contribution is 2.18. The van der Waals surface area contributed by atoms with Gasteiger partial charge in [-0.25, -0.2) is 4.79 Å². The molecular formula is C23H25NO2. The van der Waals surface area contributed by atoms with Gasteiger partial charge < -0.3 is 4.74 Å². The second-order valence-corrected chi connectivity index (χ2v) is 6.36. The third kappa shape index (κ3) is 5.66. The summed E-state index contributed by atoms with van der Waals surface area (Å²) in [4.78, 5) is 13.5. The van der Waals surface area contributed by atoms with Crippen LogP contribution in [0, 0.1) is 23.7 Å². The van der Waals surface area contributed by atoms with Crippen LogP contribution in [0.25, 0.3) is 0 Å². The number of rotatable bonds is 3. The first-order valence-electron chi connectivity index (χ1n) is 8.81. The van der Waals surface area contributed by atoms with Gasteiger partial charge in [0, 0.05) is 11.6 Å². The van der Waals surface area contributed by atoms with Crippen LogP contribution in [0.1, 0.15) is 31.2 Å². The van der Waals surface area contributed by atoms with Crippen molar-refractivity contribution in [3.63, 3.8) is 0 Å². The highest BCUT2D eigenvalue weighted by atomic mass is 16.5. The molecule has 0 aliphatic heterocycles. The minimum atomic E-state index is -0.873. The van der Waals surface area contributed by atoms with Crippen molar-refractivity contribution in [3.05, 3.63) is 59.7 Å². The zero-order chi connectivity index (χ0) is 18.8. The Kier molecular flexibility index (Phi) is 7.27. The number of benzene rings is 1. The van der Waals surface area contributed by atoms with Crippen molar-refractivity contribution >= 4 is 5.97 Å². The topological polar surface area (TPSA) is 29.5 Å². The van der Waals surface area contributed by atoms with Crippen LogP contribution < -0.4 is 0 Å². The van der Waals surface area contributed by atoms with Crippen LogP contribution in [0.5, 0.6) is 0 Å². The molecule has 1 aromatic carbocycles. The average Bonchev–Trinajstić information content (AvgIpc) is 2.68. The molecule has 0 heterocycles. The summed E-state index contributed by atoms with van der Waals surface area (Å²) >= 11 is 0. The maximum atomic E-state index is 11.6. The molecular weight excluding hydrogens is 322 g/mol. The third-order valence-electron chi connectivity index (χ3n) is 4.24. The number of allylic oxidation sites excluding steroid dienone is 2. The molecule has 0 fully saturated rings. The van der Waals surface area contributed by atoms with Crippen LogP contribution in [0.2, 0.25) is 0 Å². The SMILES string of the molecule is COC(=O)/C=C/C(C#CC1=CCCCC1)(C#Cc1ccccc1)N(C)C. The van der Waals surface area contributed by atoms with Gasteiger partial charge in [0.2, 0.25) is 0 Å². The Morgan fingerprint density at radius 2 is 1.88 bits per heavy atom. The van der Waals surface area contributed by atoms with E-state index in [1.807, 2.05) is 49.3 Å². The number of ether oxygens (including phenoxy) is 1. The lowest BCUT2D eigenvalue weighted by Crippen LogP contribution is -2.40. The number of carbonyl (C=O) groups excluding carboxylic acids is 1. The highest BCUT2D eigenvalue weighted by molar-refractivity contribution is 5.82. The molecule has 134 valence electrons. The van der Waals surface area contributed by atoms with Gasteiger partial charge >= 0.3 is 5.97 Å². The lowest BCUT2D eigenvalue weighted by molar-refractivity contribution is -0.134. The molecule has 0 N–H and O–H groups in total. The minimum absolute atomic E-state index is 0.420. The molecule has 1 aromatic rings. The Morgan fingerprint density at radius 1 is 1.15 bits per heavy atom. The van der Waals surface area contributed by atoms with E-state index in [0.717, 1.165) is 24.0 Å². The number of hydrogen-bond donors (Lipinski definition) is 0. The van der Waals surface area contributed by atoms with Gasteiger partial charge in [-0.05, 0) is 63.6 Å². The first-order chi connectivity index (χ1) is 12.6. The van der Waals surface area contributed by atoms with Crippen LogP contribution in [0.4, 0.5) is 0 Å². The standard InChI is InChI=1S/C23H25NO2/c1-24(2)23(19-16-22(25)26-3,17-14-20-10-6-4-7-11-20)18-15-21-12-8-5-9-13-21/h4,6-7,10-12,16,19H,5,8-9,13H2,1-3H3/b19-16+. The van der Waals surface area contributed by atoms with Gasteiger partial charge in [-0.2, -0.15) is 0 Å². The average molecular weight is 347 g/mol. The summed E-state index contributed by atoms with van der Waals surface area (Å²) in [7, 11) is 5.18. The summed E-state index contributed by atoms with van der Waals surface area (Å²) in [5.74, 6) is 12.6. The fourth-order valence-corrected chi connectivity index (χ4v) is 2.56. The smallest absolute Gasteiger partial charge is 0.330 e. The summed E-state index contributed by atoms with van der Waals surface area (Å²) in [6.07, 6.45) is 9.78. The van der Waals surface area contributed by atoms with E-state index in [2.05, 4.69) is 29.8 Å². The van der Waals surface area contributed by atoms with Crippen molar-refractivity contribution in [2.75, 3.05) is 21.2 Å². The van der Waals surface area contributed by atoms with E-state index in [9.17, 15) is 4.79 Å². The number of esters is 1. The van der Waals surface area contributed by atoms with Crippen molar-refractivity contribution < 1.29 is 9.53 Å². The van der Waals surface area contributed by atoms with Gasteiger partial charge in [-0.15, -0.1) is 0 Å². The number of carbonyl (C=O) groups is 1. The first-order valence-corrected chi connectivity index (χ1v) is 8.81. The minimum Gasteiger partial charge on any atom is -0.466 e. The predicted octanol–water partition coefficient (Wildman–Crippen LogP) is 3.57. The molecule has 0 spiro atoms.